The SMILES string of the molecule is C/C(=C\C(=O)OCCCCCCCC(=O)NC1C(=O)NC2=CSSC21)[C@H](O)[C@@H]1OC[C@H](C/C=C/[C@H](C)[C@H](C)O)[C@H](O)[C@H]1O. The van der Waals surface area contributed by atoms with Crippen molar-refractivity contribution in [2.45, 2.75) is 108 Å². The van der Waals surface area contributed by atoms with Crippen molar-refractivity contribution in [3.05, 3.63) is 34.9 Å². The molecule has 0 saturated carbocycles. The molecule has 0 radical (unpaired) electrons. The van der Waals surface area contributed by atoms with Crippen molar-refractivity contribution in [3.8, 4) is 0 Å². The van der Waals surface area contributed by atoms with E-state index in [1.807, 2.05) is 24.5 Å². The van der Waals surface area contributed by atoms with Crippen LogP contribution in [0, 0.1) is 11.8 Å². The molecule has 0 spiro atoms. The Balaban J connectivity index is 1.26. The zero-order chi connectivity index (χ0) is 31.5. The molecule has 2 amide bonds. The Bertz CT molecular complexity index is 1050. The summed E-state index contributed by atoms with van der Waals surface area (Å²) in [5.41, 5.74) is 1.12. The minimum atomic E-state index is -1.33. The monoisotopic (exact) mass is 642 g/mol. The van der Waals surface area contributed by atoms with Crippen LogP contribution in [-0.4, -0.2) is 93.2 Å². The molecule has 2 unspecified atom stereocenters. The summed E-state index contributed by atoms with van der Waals surface area (Å²) in [6, 6.07) is -0.518. The number of carbonyl (C=O) groups is 3. The molecular formula is C30H46N2O9S2. The average Bonchev–Trinajstić information content (AvgIpc) is 3.53. The van der Waals surface area contributed by atoms with Crippen LogP contribution in [0.5, 0.6) is 0 Å². The van der Waals surface area contributed by atoms with Gasteiger partial charge >= 0.3 is 5.97 Å². The number of amides is 2. The Morgan fingerprint density at radius 1 is 1.16 bits per heavy atom. The van der Waals surface area contributed by atoms with Crippen LogP contribution in [-0.2, 0) is 23.9 Å². The van der Waals surface area contributed by atoms with Gasteiger partial charge in [-0.25, -0.2) is 4.79 Å². The summed E-state index contributed by atoms with van der Waals surface area (Å²) in [4.78, 5) is 36.5. The number of aliphatic hydroxyl groups is 4. The average molecular weight is 643 g/mol. The Kier molecular flexibility index (Phi) is 14.6. The van der Waals surface area contributed by atoms with E-state index in [0.717, 1.165) is 25.0 Å². The van der Waals surface area contributed by atoms with E-state index >= 15 is 0 Å². The van der Waals surface area contributed by atoms with Crippen LogP contribution in [0.4, 0.5) is 0 Å². The molecule has 9 atom stereocenters. The van der Waals surface area contributed by atoms with Crippen molar-refractivity contribution in [1.29, 1.82) is 0 Å². The van der Waals surface area contributed by atoms with Crippen LogP contribution in [0.3, 0.4) is 0 Å². The highest BCUT2D eigenvalue weighted by Crippen LogP contribution is 2.43. The van der Waals surface area contributed by atoms with Crippen LogP contribution in [0.15, 0.2) is 34.9 Å². The first-order chi connectivity index (χ1) is 20.5. The molecule has 0 aromatic carbocycles. The highest BCUT2D eigenvalue weighted by atomic mass is 33.1. The lowest BCUT2D eigenvalue weighted by molar-refractivity contribution is -0.187. The molecule has 43 heavy (non-hydrogen) atoms. The van der Waals surface area contributed by atoms with E-state index in [4.69, 9.17) is 9.47 Å². The summed E-state index contributed by atoms with van der Waals surface area (Å²) in [5.74, 6) is -1.30. The first-order valence-electron chi connectivity index (χ1n) is 15.0. The summed E-state index contributed by atoms with van der Waals surface area (Å²) in [6.45, 7) is 5.46. The number of allylic oxidation sites excluding steroid dienone is 1. The fourth-order valence-electron chi connectivity index (χ4n) is 5.02. The molecule has 0 aromatic rings. The fraction of sp³-hybridized carbons (Fsp3) is 0.700. The van der Waals surface area contributed by atoms with E-state index in [-0.39, 0.29) is 47.7 Å². The molecule has 3 rings (SSSR count). The molecule has 3 aliphatic rings. The lowest BCUT2D eigenvalue weighted by Gasteiger charge is -2.39. The molecule has 242 valence electrons. The van der Waals surface area contributed by atoms with Crippen LogP contribution >= 0.6 is 21.6 Å². The standard InChI is InChI=1S/C30H46N2O9S2/c1-17(19(3)33)10-9-11-20-15-41-28(27(38)26(20)37)25(36)18(2)14-23(35)40-13-8-6-4-5-7-12-22(34)32-24-29-21(16-42-43-29)31-30(24)39/h9-10,14,16-17,19-20,24-29,33,36-38H,4-8,11-13,15H2,1-3H3,(H,31,39)(H,32,34)/b10-9+,18-14+/t17-,19-,20-,24?,25-,26-,27+,28-,29?/m0/s1. The number of rotatable bonds is 16. The van der Waals surface area contributed by atoms with Crippen LogP contribution < -0.4 is 10.6 Å². The number of aliphatic hydroxyl groups excluding tert-OH is 4. The third kappa shape index (κ3) is 10.6. The summed E-state index contributed by atoms with van der Waals surface area (Å²) >= 11 is 0. The van der Waals surface area contributed by atoms with Gasteiger partial charge in [0.15, 0.2) is 0 Å². The molecule has 2 fully saturated rings. The van der Waals surface area contributed by atoms with Gasteiger partial charge in [-0.3, -0.25) is 9.59 Å². The topological polar surface area (TPSA) is 175 Å². The normalized spacial score (nSPS) is 29.5. The van der Waals surface area contributed by atoms with Gasteiger partial charge in [-0.2, -0.15) is 0 Å². The van der Waals surface area contributed by atoms with E-state index in [1.165, 1.54) is 13.0 Å². The third-order valence-corrected chi connectivity index (χ3v) is 10.5. The minimum Gasteiger partial charge on any atom is -0.463 e. The highest BCUT2D eigenvalue weighted by molar-refractivity contribution is 8.78. The van der Waals surface area contributed by atoms with Crippen molar-refractivity contribution >= 4 is 39.4 Å². The summed E-state index contributed by atoms with van der Waals surface area (Å²) in [7, 11) is 3.12. The highest BCUT2D eigenvalue weighted by Gasteiger charge is 2.43. The second kappa shape index (κ2) is 17.6. The number of hydrogen-bond donors (Lipinski definition) is 6. The lowest BCUT2D eigenvalue weighted by Crippen LogP contribution is -2.54. The van der Waals surface area contributed by atoms with Gasteiger partial charge in [-0.05, 0) is 44.6 Å². The number of hydrogen-bond acceptors (Lipinski definition) is 11. The van der Waals surface area contributed by atoms with Crippen molar-refractivity contribution in [2.24, 2.45) is 11.8 Å². The van der Waals surface area contributed by atoms with Gasteiger partial charge in [-0.1, -0.05) is 59.9 Å². The molecule has 3 heterocycles. The van der Waals surface area contributed by atoms with Crippen LogP contribution in [0.25, 0.3) is 0 Å². The van der Waals surface area contributed by atoms with E-state index in [0.29, 0.717) is 25.7 Å². The van der Waals surface area contributed by atoms with Crippen molar-refractivity contribution in [1.82, 2.24) is 10.6 Å². The number of unbranched alkanes of at least 4 members (excludes halogenated alkanes) is 4. The van der Waals surface area contributed by atoms with Gasteiger partial charge in [0.25, 0.3) is 0 Å². The molecule has 13 heteroatoms. The molecule has 0 bridgehead atoms. The molecular weight excluding hydrogens is 596 g/mol. The van der Waals surface area contributed by atoms with Gasteiger partial charge < -0.3 is 40.5 Å². The maximum atomic E-state index is 12.3. The second-order valence-electron chi connectivity index (χ2n) is 11.5. The molecule has 3 aliphatic heterocycles. The van der Waals surface area contributed by atoms with Crippen LogP contribution in [0.1, 0.15) is 65.7 Å². The van der Waals surface area contributed by atoms with Crippen LogP contribution in [0.2, 0.25) is 0 Å². The molecule has 0 aliphatic carbocycles. The maximum Gasteiger partial charge on any atom is 0.330 e. The smallest absolute Gasteiger partial charge is 0.330 e. The third-order valence-electron chi connectivity index (χ3n) is 8.04. The summed E-state index contributed by atoms with van der Waals surface area (Å²) < 4.78 is 10.9. The first kappa shape index (κ1) is 35.6. The molecule has 0 aromatic heterocycles. The van der Waals surface area contributed by atoms with E-state index in [2.05, 4.69) is 10.6 Å². The Morgan fingerprint density at radius 3 is 2.63 bits per heavy atom. The zero-order valence-corrected chi connectivity index (χ0v) is 26.6. The Labute approximate surface area is 261 Å². The number of carbonyl (C=O) groups excluding carboxylic acids is 3. The summed E-state index contributed by atoms with van der Waals surface area (Å²) in [5, 5.41) is 48.9. The quantitative estimate of drug-likeness (QED) is 0.0478. The van der Waals surface area contributed by atoms with Gasteiger partial charge in [-0.15, -0.1) is 0 Å². The lowest BCUT2D eigenvalue weighted by atomic mass is 9.86. The van der Waals surface area contributed by atoms with E-state index < -0.39 is 42.5 Å². The largest absolute Gasteiger partial charge is 0.463 e. The maximum absolute atomic E-state index is 12.3. The first-order valence-corrected chi connectivity index (χ1v) is 17.2. The van der Waals surface area contributed by atoms with Crippen molar-refractivity contribution in [2.75, 3.05) is 13.2 Å². The van der Waals surface area contributed by atoms with E-state index in [1.54, 1.807) is 28.5 Å². The molecule has 11 nitrogen and oxygen atoms in total. The Morgan fingerprint density at radius 2 is 1.88 bits per heavy atom. The second-order valence-corrected chi connectivity index (χ2v) is 13.8. The van der Waals surface area contributed by atoms with E-state index in [9.17, 15) is 34.8 Å². The molecule has 6 N–H and O–H groups in total. The molecule has 2 saturated heterocycles. The minimum absolute atomic E-state index is 0.0374. The van der Waals surface area contributed by atoms with Gasteiger partial charge in [0, 0.05) is 29.5 Å². The predicted molar refractivity (Wildman–Crippen MR) is 165 cm³/mol. The Hall–Kier alpha value is -1.87. The fourth-order valence-corrected chi connectivity index (χ4v) is 7.61. The van der Waals surface area contributed by atoms with Crippen molar-refractivity contribution < 1.29 is 44.3 Å². The number of fused-ring (bicyclic) bond motifs is 1. The summed E-state index contributed by atoms with van der Waals surface area (Å²) in [6.07, 6.45) is 4.27. The number of ether oxygens (including phenoxy) is 2. The predicted octanol–water partition coefficient (Wildman–Crippen LogP) is 2.10. The van der Waals surface area contributed by atoms with Gasteiger partial charge in [0.1, 0.15) is 24.4 Å². The van der Waals surface area contributed by atoms with Gasteiger partial charge in [0.2, 0.25) is 11.8 Å². The van der Waals surface area contributed by atoms with Gasteiger partial charge in [0.05, 0.1) is 30.7 Å². The number of nitrogens with one attached hydrogen (secondary N) is 2. The van der Waals surface area contributed by atoms with Crippen molar-refractivity contribution in [3.63, 3.8) is 0 Å². The number of esters is 1. The zero-order valence-electron chi connectivity index (χ0n) is 25.0.